The van der Waals surface area contributed by atoms with Gasteiger partial charge in [0.1, 0.15) is 18.1 Å². The lowest BCUT2D eigenvalue weighted by Gasteiger charge is -2.27. The molecule has 1 fully saturated rings. The highest BCUT2D eigenvalue weighted by Gasteiger charge is 2.30. The highest BCUT2D eigenvalue weighted by atomic mass is 16.6. The SMILES string of the molecule is COC(=O)NC(CC1CCCCC1)C(=O)NC(C)C(=O)NC(CCCN=C(N)N)C(=O)Nc1ccc([N+](=O)[O-])cc1. The van der Waals surface area contributed by atoms with Crippen molar-refractivity contribution in [3.63, 3.8) is 0 Å². The normalized spacial score (nSPS) is 15.4. The first-order chi connectivity index (χ1) is 19.5. The smallest absolute Gasteiger partial charge is 0.407 e. The molecule has 15 heteroatoms. The number of aliphatic imine (C=N–C) groups is 1. The number of guanidine groups is 1. The van der Waals surface area contributed by atoms with E-state index in [2.05, 4.69) is 31.0 Å². The van der Waals surface area contributed by atoms with Crippen LogP contribution in [-0.4, -0.2) is 66.5 Å². The molecule has 0 heterocycles. The highest BCUT2D eigenvalue weighted by molar-refractivity contribution is 5.98. The van der Waals surface area contributed by atoms with Gasteiger partial charge in [-0.05, 0) is 44.2 Å². The van der Waals surface area contributed by atoms with E-state index >= 15 is 0 Å². The highest BCUT2D eigenvalue weighted by Crippen LogP contribution is 2.27. The number of non-ortho nitro benzene ring substituents is 1. The van der Waals surface area contributed by atoms with E-state index < -0.39 is 46.9 Å². The molecule has 15 nitrogen and oxygen atoms in total. The predicted octanol–water partition coefficient (Wildman–Crippen LogP) is 1.27. The van der Waals surface area contributed by atoms with Gasteiger partial charge in [0.15, 0.2) is 5.96 Å². The standard InChI is InChI=1S/C26H40N8O7/c1-16(30-24(37)21(33-26(38)41-2)15-17-7-4-3-5-8-17)22(35)32-20(9-6-14-29-25(27)28)23(36)31-18-10-12-19(13-11-18)34(39)40/h10-13,16-17,20-21H,3-9,14-15H2,1-2H3,(H,30,37)(H,31,36)(H,32,35)(H,33,38)(H4,27,28,29). The Labute approximate surface area is 238 Å². The number of nitro groups is 1. The summed E-state index contributed by atoms with van der Waals surface area (Å²) in [6.07, 6.45) is 5.34. The maximum absolute atomic E-state index is 13.1. The molecule has 0 bridgehead atoms. The number of benzene rings is 1. The van der Waals surface area contributed by atoms with Gasteiger partial charge in [-0.15, -0.1) is 0 Å². The second-order valence-electron chi connectivity index (χ2n) is 9.96. The van der Waals surface area contributed by atoms with Crippen molar-refractivity contribution in [2.75, 3.05) is 19.0 Å². The van der Waals surface area contributed by atoms with Crippen LogP contribution >= 0.6 is 0 Å². The third-order valence-corrected chi connectivity index (χ3v) is 6.76. The Balaban J connectivity index is 2.06. The van der Waals surface area contributed by atoms with Crippen molar-refractivity contribution in [1.29, 1.82) is 0 Å². The zero-order chi connectivity index (χ0) is 30.4. The molecule has 8 N–H and O–H groups in total. The van der Waals surface area contributed by atoms with E-state index in [-0.39, 0.29) is 30.5 Å². The molecule has 1 aromatic carbocycles. The molecule has 1 aliphatic carbocycles. The van der Waals surface area contributed by atoms with Crippen LogP contribution in [0.15, 0.2) is 29.3 Å². The average Bonchev–Trinajstić information content (AvgIpc) is 2.94. The van der Waals surface area contributed by atoms with Crippen LogP contribution in [0.4, 0.5) is 16.2 Å². The average molecular weight is 577 g/mol. The topological polar surface area (TPSA) is 233 Å². The minimum Gasteiger partial charge on any atom is -0.453 e. The van der Waals surface area contributed by atoms with Crippen LogP contribution < -0.4 is 32.7 Å². The quantitative estimate of drug-likeness (QED) is 0.0614. The molecule has 1 aliphatic rings. The van der Waals surface area contributed by atoms with E-state index in [0.717, 1.165) is 32.1 Å². The Morgan fingerprint density at radius 3 is 2.24 bits per heavy atom. The summed E-state index contributed by atoms with van der Waals surface area (Å²) in [4.78, 5) is 65.2. The summed E-state index contributed by atoms with van der Waals surface area (Å²) in [6, 6.07) is 2.27. The fraction of sp³-hybridized carbons (Fsp3) is 0.577. The third-order valence-electron chi connectivity index (χ3n) is 6.76. The van der Waals surface area contributed by atoms with Crippen molar-refractivity contribution in [2.24, 2.45) is 22.4 Å². The number of carbonyl (C=O) groups is 4. The lowest BCUT2D eigenvalue weighted by molar-refractivity contribution is -0.384. The number of hydrogen-bond acceptors (Lipinski definition) is 8. The van der Waals surface area contributed by atoms with Crippen LogP contribution in [0.25, 0.3) is 0 Å². The van der Waals surface area contributed by atoms with Gasteiger partial charge < -0.3 is 37.5 Å². The van der Waals surface area contributed by atoms with Crippen LogP contribution in [0.1, 0.15) is 58.3 Å². The molecule has 226 valence electrons. The zero-order valence-electron chi connectivity index (χ0n) is 23.4. The maximum Gasteiger partial charge on any atom is 0.407 e. The van der Waals surface area contributed by atoms with Gasteiger partial charge in [-0.1, -0.05) is 32.1 Å². The lowest BCUT2D eigenvalue weighted by Crippen LogP contribution is -2.55. The zero-order valence-corrected chi connectivity index (χ0v) is 23.4. The Bertz CT molecular complexity index is 1090. The fourth-order valence-electron chi connectivity index (χ4n) is 4.53. The summed E-state index contributed by atoms with van der Waals surface area (Å²) < 4.78 is 4.67. The van der Waals surface area contributed by atoms with Gasteiger partial charge in [0.25, 0.3) is 5.69 Å². The number of anilines is 1. The summed E-state index contributed by atoms with van der Waals surface area (Å²) in [5.74, 6) is -1.58. The van der Waals surface area contributed by atoms with E-state index in [1.807, 2.05) is 0 Å². The van der Waals surface area contributed by atoms with E-state index in [1.54, 1.807) is 0 Å². The maximum atomic E-state index is 13.1. The number of rotatable bonds is 14. The summed E-state index contributed by atoms with van der Waals surface area (Å²) >= 11 is 0. The molecule has 3 unspecified atom stereocenters. The monoisotopic (exact) mass is 576 g/mol. The molecule has 3 atom stereocenters. The molecule has 1 saturated carbocycles. The molecule has 41 heavy (non-hydrogen) atoms. The number of amides is 4. The lowest BCUT2D eigenvalue weighted by atomic mass is 9.84. The van der Waals surface area contributed by atoms with Gasteiger partial charge in [-0.2, -0.15) is 0 Å². The number of ether oxygens (including phenoxy) is 1. The predicted molar refractivity (Wildman–Crippen MR) is 152 cm³/mol. The van der Waals surface area contributed by atoms with Gasteiger partial charge in [-0.3, -0.25) is 29.5 Å². The molecule has 4 amide bonds. The number of nitrogens with zero attached hydrogens (tertiary/aromatic N) is 2. The molecule has 0 saturated heterocycles. The number of carbonyl (C=O) groups excluding carboxylic acids is 4. The van der Waals surface area contributed by atoms with Crippen molar-refractivity contribution in [3.8, 4) is 0 Å². The Morgan fingerprint density at radius 1 is 1.00 bits per heavy atom. The number of nitro benzene ring substituents is 1. The first-order valence-corrected chi connectivity index (χ1v) is 13.6. The first-order valence-electron chi connectivity index (χ1n) is 13.6. The number of methoxy groups -OCH3 is 1. The minimum absolute atomic E-state index is 0.111. The fourth-order valence-corrected chi connectivity index (χ4v) is 4.53. The second kappa shape index (κ2) is 16.6. The van der Waals surface area contributed by atoms with E-state index in [9.17, 15) is 29.3 Å². The largest absolute Gasteiger partial charge is 0.453 e. The van der Waals surface area contributed by atoms with Crippen molar-refractivity contribution in [1.82, 2.24) is 16.0 Å². The summed E-state index contributed by atoms with van der Waals surface area (Å²) in [5, 5.41) is 21.3. The van der Waals surface area contributed by atoms with Gasteiger partial charge in [0, 0.05) is 24.4 Å². The van der Waals surface area contributed by atoms with Crippen molar-refractivity contribution < 1.29 is 28.8 Å². The van der Waals surface area contributed by atoms with Crippen LogP contribution in [0.2, 0.25) is 0 Å². The Hall–Kier alpha value is -4.43. The van der Waals surface area contributed by atoms with Gasteiger partial charge >= 0.3 is 6.09 Å². The molecule has 0 aromatic heterocycles. The van der Waals surface area contributed by atoms with Crippen molar-refractivity contribution in [3.05, 3.63) is 34.4 Å². The van der Waals surface area contributed by atoms with Crippen LogP contribution in [0.3, 0.4) is 0 Å². The molecule has 2 rings (SSSR count). The van der Waals surface area contributed by atoms with Crippen molar-refractivity contribution >= 4 is 41.1 Å². The molecule has 0 spiro atoms. The molecule has 0 aliphatic heterocycles. The molecule has 1 aromatic rings. The summed E-state index contributed by atoms with van der Waals surface area (Å²) in [7, 11) is 1.20. The van der Waals surface area contributed by atoms with Gasteiger partial charge in [0.2, 0.25) is 17.7 Å². The van der Waals surface area contributed by atoms with Crippen LogP contribution in [0, 0.1) is 16.0 Å². The van der Waals surface area contributed by atoms with Crippen LogP contribution in [-0.2, 0) is 19.1 Å². The first kappa shape index (κ1) is 32.8. The van der Waals surface area contributed by atoms with E-state index in [1.165, 1.54) is 38.3 Å². The summed E-state index contributed by atoms with van der Waals surface area (Å²) in [6.45, 7) is 1.68. The van der Waals surface area contributed by atoms with Crippen molar-refractivity contribution in [2.45, 2.75) is 76.4 Å². The molecular weight excluding hydrogens is 536 g/mol. The number of nitrogens with one attached hydrogen (secondary N) is 4. The Kier molecular flexibility index (Phi) is 13.3. The molecule has 0 radical (unpaired) electrons. The molecular formula is C26H40N8O7. The van der Waals surface area contributed by atoms with Crippen LogP contribution in [0.5, 0.6) is 0 Å². The minimum atomic E-state index is -1.04. The third kappa shape index (κ3) is 11.7. The van der Waals surface area contributed by atoms with Gasteiger partial charge in [0.05, 0.1) is 12.0 Å². The summed E-state index contributed by atoms with van der Waals surface area (Å²) in [5.41, 5.74) is 10.9. The number of hydrogen-bond donors (Lipinski definition) is 6. The Morgan fingerprint density at radius 2 is 1.66 bits per heavy atom. The number of nitrogens with two attached hydrogens (primary N) is 2. The van der Waals surface area contributed by atoms with E-state index in [0.29, 0.717) is 18.5 Å². The number of alkyl carbamates (subject to hydrolysis) is 1. The second-order valence-corrected chi connectivity index (χ2v) is 9.96. The van der Waals surface area contributed by atoms with E-state index in [4.69, 9.17) is 11.5 Å². The van der Waals surface area contributed by atoms with Gasteiger partial charge in [-0.25, -0.2) is 4.79 Å².